The molecule has 0 aromatic carbocycles. The van der Waals surface area contributed by atoms with Crippen molar-refractivity contribution in [3.63, 3.8) is 0 Å². The van der Waals surface area contributed by atoms with Crippen LogP contribution in [0, 0.1) is 6.92 Å². The highest BCUT2D eigenvalue weighted by Crippen LogP contribution is 2.16. The van der Waals surface area contributed by atoms with Crippen molar-refractivity contribution >= 4 is 5.97 Å². The van der Waals surface area contributed by atoms with Crippen LogP contribution in [0.1, 0.15) is 21.9 Å². The number of alkyl halides is 3. The van der Waals surface area contributed by atoms with Gasteiger partial charge in [-0.05, 0) is 13.0 Å². The molecule has 0 spiro atoms. The number of hydrogen-bond acceptors (Lipinski definition) is 3. The number of carbonyl (C=O) groups is 1. The number of carboxylic acid groups (broad SMARTS) is 1. The topological polar surface area (TPSA) is 62.5 Å². The van der Waals surface area contributed by atoms with Crippen molar-refractivity contribution < 1.29 is 27.5 Å². The van der Waals surface area contributed by atoms with Crippen LogP contribution in [-0.2, 0) is 6.54 Å². The summed E-state index contributed by atoms with van der Waals surface area (Å²) in [5.74, 6) is -1.22. The highest BCUT2D eigenvalue weighted by molar-refractivity contribution is 5.84. The number of aromatic carboxylic acids is 1. The Kier molecular flexibility index (Phi) is 3.58. The summed E-state index contributed by atoms with van der Waals surface area (Å²) < 4.78 is 40.3. The highest BCUT2D eigenvalue weighted by Gasteiger charge is 2.26. The first kappa shape index (κ1) is 12.6. The number of halogens is 3. The first-order valence-electron chi connectivity index (χ1n) is 4.39. The molecular formula is C9H10F3NO3. The maximum atomic E-state index is 11.8. The summed E-state index contributed by atoms with van der Waals surface area (Å²) in [6.07, 6.45) is -4.28. The molecule has 0 aliphatic rings. The first-order valence-corrected chi connectivity index (χ1v) is 4.39. The fourth-order valence-electron chi connectivity index (χ4n) is 1.14. The molecule has 0 unspecified atom stereocenters. The van der Waals surface area contributed by atoms with Crippen molar-refractivity contribution in [2.75, 3.05) is 6.54 Å². The Labute approximate surface area is 89.1 Å². The maximum Gasteiger partial charge on any atom is 0.401 e. The summed E-state index contributed by atoms with van der Waals surface area (Å²) in [4.78, 5) is 10.5. The molecule has 0 atom stereocenters. The fraction of sp³-hybridized carbons (Fsp3) is 0.444. The van der Waals surface area contributed by atoms with E-state index in [1.807, 2.05) is 0 Å². The van der Waals surface area contributed by atoms with Gasteiger partial charge in [-0.2, -0.15) is 13.2 Å². The van der Waals surface area contributed by atoms with Crippen LogP contribution in [0.2, 0.25) is 0 Å². The Morgan fingerprint density at radius 1 is 1.56 bits per heavy atom. The largest absolute Gasteiger partial charge is 0.475 e. The molecule has 16 heavy (non-hydrogen) atoms. The lowest BCUT2D eigenvalue weighted by Gasteiger charge is -2.06. The van der Waals surface area contributed by atoms with Crippen LogP contribution in [0.15, 0.2) is 10.5 Å². The van der Waals surface area contributed by atoms with E-state index in [1.165, 1.54) is 13.0 Å². The second kappa shape index (κ2) is 4.56. The Bertz CT molecular complexity index is 384. The molecule has 0 amide bonds. The van der Waals surface area contributed by atoms with Gasteiger partial charge in [0.05, 0.1) is 6.54 Å². The van der Waals surface area contributed by atoms with E-state index in [2.05, 4.69) is 5.32 Å². The number of aryl methyl sites for hydroxylation is 1. The number of nitrogens with one attached hydrogen (secondary N) is 1. The molecule has 0 saturated carbocycles. The van der Waals surface area contributed by atoms with E-state index >= 15 is 0 Å². The van der Waals surface area contributed by atoms with Gasteiger partial charge in [-0.25, -0.2) is 4.79 Å². The predicted octanol–water partition coefficient (Wildman–Crippen LogP) is 1.94. The zero-order chi connectivity index (χ0) is 12.3. The molecule has 1 rings (SSSR count). The minimum Gasteiger partial charge on any atom is -0.475 e. The molecule has 1 aromatic heterocycles. The smallest absolute Gasteiger partial charge is 0.401 e. The molecule has 7 heteroatoms. The lowest BCUT2D eigenvalue weighted by molar-refractivity contribution is -0.125. The molecule has 0 aliphatic carbocycles. The predicted molar refractivity (Wildman–Crippen MR) is 48.2 cm³/mol. The van der Waals surface area contributed by atoms with Gasteiger partial charge < -0.3 is 14.8 Å². The van der Waals surface area contributed by atoms with Crippen LogP contribution in [0.25, 0.3) is 0 Å². The van der Waals surface area contributed by atoms with E-state index in [4.69, 9.17) is 9.52 Å². The highest BCUT2D eigenvalue weighted by atomic mass is 19.4. The van der Waals surface area contributed by atoms with E-state index in [0.29, 0.717) is 11.3 Å². The van der Waals surface area contributed by atoms with Crippen LogP contribution in [-0.4, -0.2) is 23.8 Å². The molecule has 4 nitrogen and oxygen atoms in total. The third-order valence-corrected chi connectivity index (χ3v) is 1.87. The quantitative estimate of drug-likeness (QED) is 0.840. The Hall–Kier alpha value is -1.50. The van der Waals surface area contributed by atoms with E-state index in [-0.39, 0.29) is 12.3 Å². The molecular weight excluding hydrogens is 227 g/mol. The second-order valence-electron chi connectivity index (χ2n) is 3.22. The second-order valence-corrected chi connectivity index (χ2v) is 3.22. The molecule has 1 heterocycles. The number of carboxylic acids is 1. The number of hydrogen-bond donors (Lipinski definition) is 2. The van der Waals surface area contributed by atoms with Crippen molar-refractivity contribution in [1.82, 2.24) is 5.32 Å². The van der Waals surface area contributed by atoms with Crippen LogP contribution in [0.5, 0.6) is 0 Å². The Morgan fingerprint density at radius 3 is 2.62 bits per heavy atom. The summed E-state index contributed by atoms with van der Waals surface area (Å²) >= 11 is 0. The molecule has 0 fully saturated rings. The van der Waals surface area contributed by atoms with Crippen molar-refractivity contribution in [2.45, 2.75) is 19.6 Å². The van der Waals surface area contributed by atoms with Gasteiger partial charge in [0.15, 0.2) is 0 Å². The minimum absolute atomic E-state index is 0.0812. The Morgan fingerprint density at radius 2 is 2.19 bits per heavy atom. The lowest BCUT2D eigenvalue weighted by Crippen LogP contribution is -2.28. The molecule has 1 aromatic rings. The average molecular weight is 237 g/mol. The SMILES string of the molecule is Cc1oc(C(=O)O)cc1CNCC(F)(F)F. The summed E-state index contributed by atoms with van der Waals surface area (Å²) in [5, 5.41) is 10.7. The van der Waals surface area contributed by atoms with Crippen LogP contribution in [0.3, 0.4) is 0 Å². The van der Waals surface area contributed by atoms with Crippen molar-refractivity contribution in [2.24, 2.45) is 0 Å². The van der Waals surface area contributed by atoms with Crippen molar-refractivity contribution in [3.05, 3.63) is 23.2 Å². The normalized spacial score (nSPS) is 11.8. The van der Waals surface area contributed by atoms with Gasteiger partial charge in [0.25, 0.3) is 0 Å². The molecule has 0 radical (unpaired) electrons. The summed E-state index contributed by atoms with van der Waals surface area (Å²) in [6, 6.07) is 1.21. The zero-order valence-corrected chi connectivity index (χ0v) is 8.39. The van der Waals surface area contributed by atoms with Crippen LogP contribution in [0.4, 0.5) is 13.2 Å². The van der Waals surface area contributed by atoms with E-state index in [9.17, 15) is 18.0 Å². The lowest BCUT2D eigenvalue weighted by atomic mass is 10.2. The molecule has 0 saturated heterocycles. The third kappa shape index (κ3) is 3.58. The molecule has 90 valence electrons. The van der Waals surface area contributed by atoms with E-state index in [1.54, 1.807) is 0 Å². The minimum atomic E-state index is -4.28. The maximum absolute atomic E-state index is 11.8. The van der Waals surface area contributed by atoms with Gasteiger partial charge in [-0.1, -0.05) is 0 Å². The van der Waals surface area contributed by atoms with Gasteiger partial charge in [0.2, 0.25) is 5.76 Å². The van der Waals surface area contributed by atoms with Gasteiger partial charge in [-0.15, -0.1) is 0 Å². The number of furan rings is 1. The fourth-order valence-corrected chi connectivity index (χ4v) is 1.14. The first-order chi connectivity index (χ1) is 7.29. The Balaban J connectivity index is 2.58. The van der Waals surface area contributed by atoms with Gasteiger partial charge in [-0.3, -0.25) is 0 Å². The third-order valence-electron chi connectivity index (χ3n) is 1.87. The van der Waals surface area contributed by atoms with Crippen molar-refractivity contribution in [3.8, 4) is 0 Å². The average Bonchev–Trinajstić information content (AvgIpc) is 2.46. The van der Waals surface area contributed by atoms with Crippen LogP contribution < -0.4 is 5.32 Å². The van der Waals surface area contributed by atoms with Crippen LogP contribution >= 0.6 is 0 Å². The van der Waals surface area contributed by atoms with Gasteiger partial charge in [0.1, 0.15) is 5.76 Å². The molecule has 0 aliphatic heterocycles. The van der Waals surface area contributed by atoms with Crippen molar-refractivity contribution in [1.29, 1.82) is 0 Å². The summed E-state index contributed by atoms with van der Waals surface area (Å²) in [6.45, 7) is 0.291. The van der Waals surface area contributed by atoms with Gasteiger partial charge in [0, 0.05) is 12.1 Å². The zero-order valence-electron chi connectivity index (χ0n) is 8.39. The summed E-state index contributed by atoms with van der Waals surface area (Å²) in [5.41, 5.74) is 0.404. The van der Waals surface area contributed by atoms with E-state index < -0.39 is 18.7 Å². The summed E-state index contributed by atoms with van der Waals surface area (Å²) in [7, 11) is 0. The molecule has 0 bridgehead atoms. The molecule has 2 N–H and O–H groups in total. The number of rotatable bonds is 4. The standard InChI is InChI=1S/C9H10F3NO3/c1-5-6(2-7(16-5)8(14)15)3-13-4-9(10,11)12/h2,13H,3-4H2,1H3,(H,14,15). The monoisotopic (exact) mass is 237 g/mol. The van der Waals surface area contributed by atoms with E-state index in [0.717, 1.165) is 0 Å². The van der Waals surface area contributed by atoms with Gasteiger partial charge >= 0.3 is 12.1 Å².